The van der Waals surface area contributed by atoms with Crippen LogP contribution in [-0.2, 0) is 9.59 Å². The number of rotatable bonds is 4. The molecule has 0 aromatic heterocycles. The van der Waals surface area contributed by atoms with Crippen LogP contribution < -0.4 is 5.73 Å². The smallest absolute Gasteiger partial charge is 0.244 e. The second-order valence-corrected chi connectivity index (χ2v) is 8.31. The van der Waals surface area contributed by atoms with Crippen LogP contribution in [0.5, 0.6) is 0 Å². The summed E-state index contributed by atoms with van der Waals surface area (Å²) in [4.78, 5) is 23.2. The summed E-state index contributed by atoms with van der Waals surface area (Å²) >= 11 is 1.28. The second kappa shape index (κ2) is 7.16. The number of hydrazone groups is 1. The van der Waals surface area contributed by atoms with Gasteiger partial charge < -0.3 is 5.73 Å². The van der Waals surface area contributed by atoms with Gasteiger partial charge in [0.1, 0.15) is 21.5 Å². The lowest BCUT2D eigenvalue weighted by Crippen LogP contribution is -2.43. The van der Waals surface area contributed by atoms with Gasteiger partial charge in [-0.05, 0) is 49.5 Å². The maximum Gasteiger partial charge on any atom is 0.244 e. The van der Waals surface area contributed by atoms with Crippen molar-refractivity contribution in [3.05, 3.63) is 58.7 Å². The Bertz CT molecular complexity index is 957. The highest BCUT2D eigenvalue weighted by atomic mass is 32.2. The quantitative estimate of drug-likeness (QED) is 0.835. The van der Waals surface area contributed by atoms with E-state index < -0.39 is 22.4 Å². The number of primary amides is 1. The van der Waals surface area contributed by atoms with E-state index in [1.54, 1.807) is 0 Å². The number of nitrogens with zero attached hydrogens (tertiary/aromatic N) is 2. The molecular formula is C20H19F2N3O2S. The molecule has 1 spiro atoms. The molecular weight excluding hydrogens is 384 g/mol. The van der Waals surface area contributed by atoms with Crippen LogP contribution in [0.25, 0.3) is 0 Å². The van der Waals surface area contributed by atoms with Crippen LogP contribution in [0.1, 0.15) is 44.1 Å². The Labute approximate surface area is 165 Å². The number of halogens is 2. The van der Waals surface area contributed by atoms with E-state index in [9.17, 15) is 18.4 Å². The SMILES string of the molecule is NC(=O)CCC(=O)N1N=C(c2cc(F)ccc2F)SC12CCC1=C2C=CCC1. The summed E-state index contributed by atoms with van der Waals surface area (Å²) in [5.74, 6) is -2.10. The van der Waals surface area contributed by atoms with E-state index in [1.165, 1.54) is 22.3 Å². The molecule has 1 aromatic carbocycles. The summed E-state index contributed by atoms with van der Waals surface area (Å²) in [6, 6.07) is 3.19. The molecule has 0 saturated heterocycles. The zero-order valence-corrected chi connectivity index (χ0v) is 15.9. The van der Waals surface area contributed by atoms with E-state index >= 15 is 0 Å². The van der Waals surface area contributed by atoms with Gasteiger partial charge in [-0.1, -0.05) is 29.5 Å². The molecule has 1 unspecified atom stereocenters. The van der Waals surface area contributed by atoms with E-state index in [-0.39, 0.29) is 29.4 Å². The molecule has 0 fully saturated rings. The lowest BCUT2D eigenvalue weighted by Gasteiger charge is -2.34. The first-order valence-electron chi connectivity index (χ1n) is 9.14. The molecule has 2 aliphatic carbocycles. The molecule has 146 valence electrons. The van der Waals surface area contributed by atoms with Crippen molar-refractivity contribution >= 4 is 28.6 Å². The average molecular weight is 403 g/mol. The molecule has 0 saturated carbocycles. The molecule has 0 radical (unpaired) electrons. The highest BCUT2D eigenvalue weighted by Crippen LogP contribution is 2.55. The van der Waals surface area contributed by atoms with Gasteiger partial charge in [-0.3, -0.25) is 9.59 Å². The summed E-state index contributed by atoms with van der Waals surface area (Å²) in [5.41, 5.74) is 7.48. The molecule has 2 N–H and O–H groups in total. The van der Waals surface area contributed by atoms with Crippen LogP contribution in [0.4, 0.5) is 8.78 Å². The normalized spacial score (nSPS) is 23.4. The highest BCUT2D eigenvalue weighted by molar-refractivity contribution is 8.16. The number of carbonyl (C=O) groups excluding carboxylic acids is 2. The van der Waals surface area contributed by atoms with Crippen molar-refractivity contribution in [3.8, 4) is 0 Å². The van der Waals surface area contributed by atoms with E-state index in [2.05, 4.69) is 11.2 Å². The van der Waals surface area contributed by atoms with Crippen molar-refractivity contribution < 1.29 is 18.4 Å². The molecule has 5 nitrogen and oxygen atoms in total. The van der Waals surface area contributed by atoms with Crippen LogP contribution in [0.3, 0.4) is 0 Å². The van der Waals surface area contributed by atoms with Crippen molar-refractivity contribution in [1.29, 1.82) is 0 Å². The van der Waals surface area contributed by atoms with Gasteiger partial charge in [-0.2, -0.15) is 5.10 Å². The lowest BCUT2D eigenvalue weighted by atomic mass is 9.98. The number of carbonyl (C=O) groups is 2. The molecule has 2 amide bonds. The Morgan fingerprint density at radius 1 is 1.25 bits per heavy atom. The predicted molar refractivity (Wildman–Crippen MR) is 103 cm³/mol. The molecule has 1 heterocycles. The molecule has 28 heavy (non-hydrogen) atoms. The Balaban J connectivity index is 1.75. The van der Waals surface area contributed by atoms with Crippen molar-refractivity contribution in [2.24, 2.45) is 10.8 Å². The minimum atomic E-state index is -0.783. The first kappa shape index (κ1) is 18.9. The Kier molecular flexibility index (Phi) is 4.82. The standard InChI is InChI=1S/C20H19F2N3O2S/c21-13-5-6-16(22)14(11-13)19-24-25(18(27)8-7-17(23)26)20(28-19)10-9-12-3-1-2-4-15(12)20/h2,4-6,11H,1,3,7-10H2,(H2,23,26). The van der Waals surface area contributed by atoms with Gasteiger partial charge in [-0.25, -0.2) is 13.8 Å². The van der Waals surface area contributed by atoms with Gasteiger partial charge >= 0.3 is 0 Å². The molecule has 3 aliphatic rings. The lowest BCUT2D eigenvalue weighted by molar-refractivity contribution is -0.135. The zero-order chi connectivity index (χ0) is 19.9. The average Bonchev–Trinajstić information content (AvgIpc) is 3.24. The number of allylic oxidation sites excluding steroid dienone is 2. The fourth-order valence-corrected chi connectivity index (χ4v) is 5.38. The summed E-state index contributed by atoms with van der Waals surface area (Å²) in [7, 11) is 0. The molecule has 0 bridgehead atoms. The molecule has 8 heteroatoms. The number of benzene rings is 1. The first-order chi connectivity index (χ1) is 13.4. The number of amides is 2. The molecule has 1 aliphatic heterocycles. The van der Waals surface area contributed by atoms with E-state index in [1.807, 2.05) is 6.08 Å². The third-order valence-electron chi connectivity index (χ3n) is 5.24. The fourth-order valence-electron chi connectivity index (χ4n) is 3.92. The van der Waals surface area contributed by atoms with Gasteiger partial charge in [0.15, 0.2) is 0 Å². The Morgan fingerprint density at radius 2 is 2.07 bits per heavy atom. The molecule has 1 aromatic rings. The van der Waals surface area contributed by atoms with Crippen molar-refractivity contribution in [2.45, 2.75) is 43.4 Å². The van der Waals surface area contributed by atoms with E-state index in [4.69, 9.17) is 5.73 Å². The van der Waals surface area contributed by atoms with Gasteiger partial charge in [0.05, 0.1) is 0 Å². The third-order valence-corrected chi connectivity index (χ3v) is 6.67. The van der Waals surface area contributed by atoms with Crippen LogP contribution in [0, 0.1) is 11.6 Å². The number of nitrogens with two attached hydrogens (primary N) is 1. The monoisotopic (exact) mass is 403 g/mol. The Morgan fingerprint density at radius 3 is 2.86 bits per heavy atom. The van der Waals surface area contributed by atoms with Gasteiger partial charge in [0, 0.05) is 18.4 Å². The summed E-state index contributed by atoms with van der Waals surface area (Å²) < 4.78 is 28.1. The maximum absolute atomic E-state index is 14.4. The molecule has 4 rings (SSSR count). The van der Waals surface area contributed by atoms with E-state index in [0.29, 0.717) is 6.42 Å². The van der Waals surface area contributed by atoms with Gasteiger partial charge in [-0.15, -0.1) is 0 Å². The number of hydrogen-bond donors (Lipinski definition) is 1. The van der Waals surface area contributed by atoms with Crippen LogP contribution in [0.2, 0.25) is 0 Å². The fraction of sp³-hybridized carbons (Fsp3) is 0.350. The minimum absolute atomic E-state index is 0.0309. The number of hydrogen-bond acceptors (Lipinski definition) is 4. The third kappa shape index (κ3) is 3.15. The largest absolute Gasteiger partial charge is 0.370 e. The van der Waals surface area contributed by atoms with Crippen LogP contribution >= 0.6 is 11.8 Å². The highest BCUT2D eigenvalue weighted by Gasteiger charge is 2.52. The summed E-state index contributed by atoms with van der Waals surface area (Å²) in [6.45, 7) is 0. The molecule has 1 atom stereocenters. The number of fused-ring (bicyclic) bond motifs is 1. The van der Waals surface area contributed by atoms with Gasteiger partial charge in [0.25, 0.3) is 0 Å². The van der Waals surface area contributed by atoms with Crippen LogP contribution in [-0.4, -0.2) is 26.7 Å². The Hall–Kier alpha value is -2.48. The maximum atomic E-state index is 14.4. The van der Waals surface area contributed by atoms with Crippen LogP contribution in [0.15, 0.2) is 46.6 Å². The van der Waals surface area contributed by atoms with Crippen molar-refractivity contribution in [1.82, 2.24) is 5.01 Å². The number of thioether (sulfide) groups is 1. The van der Waals surface area contributed by atoms with Gasteiger partial charge in [0.2, 0.25) is 11.8 Å². The summed E-state index contributed by atoms with van der Waals surface area (Å²) in [6.07, 6.45) is 7.22. The minimum Gasteiger partial charge on any atom is -0.370 e. The topological polar surface area (TPSA) is 75.8 Å². The zero-order valence-electron chi connectivity index (χ0n) is 15.1. The predicted octanol–water partition coefficient (Wildman–Crippen LogP) is 3.60. The van der Waals surface area contributed by atoms with Crippen molar-refractivity contribution in [2.75, 3.05) is 0 Å². The summed E-state index contributed by atoms with van der Waals surface area (Å²) in [5, 5.41) is 6.02. The van der Waals surface area contributed by atoms with E-state index in [0.717, 1.165) is 43.0 Å². The second-order valence-electron chi connectivity index (χ2n) is 7.05. The van der Waals surface area contributed by atoms with Crippen molar-refractivity contribution in [3.63, 3.8) is 0 Å². The first-order valence-corrected chi connectivity index (χ1v) is 9.96.